The molecular formula is C22H40BrOPS. The van der Waals surface area contributed by atoms with Crippen LogP contribution in [0.2, 0.25) is 0 Å². The molecule has 0 radical (unpaired) electrons. The number of halogens is 1. The molecule has 4 heteroatoms. The molecule has 0 N–H and O–H groups in total. The lowest BCUT2D eigenvalue weighted by atomic mass is 10.4. The third-order valence-electron chi connectivity index (χ3n) is 4.63. The summed E-state index contributed by atoms with van der Waals surface area (Å²) in [5, 5.41) is 0.131. The summed E-state index contributed by atoms with van der Waals surface area (Å²) >= 11 is 1.26. The molecular weight excluding hydrogens is 423 g/mol. The number of thioether (sulfide) groups is 1. The van der Waals surface area contributed by atoms with E-state index in [0.717, 1.165) is 4.90 Å². The Hall–Kier alpha value is 0.150. The number of carbonyl (C=O) groups is 1. The van der Waals surface area contributed by atoms with Crippen LogP contribution in [0.25, 0.3) is 0 Å². The zero-order chi connectivity index (χ0) is 19.0. The normalized spacial score (nSPS) is 10.5. The van der Waals surface area contributed by atoms with Crippen LogP contribution in [-0.4, -0.2) is 29.8 Å². The molecule has 1 aromatic carbocycles. The van der Waals surface area contributed by atoms with Crippen LogP contribution in [0.4, 0.5) is 0 Å². The second kappa shape index (κ2) is 18.5. The van der Waals surface area contributed by atoms with Gasteiger partial charge >= 0.3 is 0 Å². The van der Waals surface area contributed by atoms with Crippen LogP contribution in [0, 0.1) is 0 Å². The van der Waals surface area contributed by atoms with E-state index in [4.69, 9.17) is 0 Å². The fourth-order valence-electron chi connectivity index (χ4n) is 2.94. The van der Waals surface area contributed by atoms with Gasteiger partial charge in [0.2, 0.25) is 0 Å². The highest BCUT2D eigenvalue weighted by Gasteiger charge is 2.32. The molecule has 26 heavy (non-hydrogen) atoms. The van der Waals surface area contributed by atoms with Crippen molar-refractivity contribution in [2.24, 2.45) is 0 Å². The molecule has 0 aliphatic heterocycles. The van der Waals surface area contributed by atoms with Gasteiger partial charge < -0.3 is 17.0 Å². The molecule has 0 fully saturated rings. The van der Waals surface area contributed by atoms with E-state index >= 15 is 0 Å². The lowest BCUT2D eigenvalue weighted by Gasteiger charge is -2.26. The molecule has 0 atom stereocenters. The van der Waals surface area contributed by atoms with Gasteiger partial charge in [0.05, 0.1) is 24.6 Å². The lowest BCUT2D eigenvalue weighted by molar-refractivity contribution is -0.109. The van der Waals surface area contributed by atoms with Crippen LogP contribution >= 0.6 is 19.0 Å². The molecule has 0 saturated carbocycles. The Kier molecular flexibility index (Phi) is 20.2. The van der Waals surface area contributed by atoms with Gasteiger partial charge in [0.1, 0.15) is 0 Å². The molecule has 0 aromatic heterocycles. The van der Waals surface area contributed by atoms with Crippen molar-refractivity contribution in [2.45, 2.75) is 78.0 Å². The average Bonchev–Trinajstić information content (AvgIpc) is 2.62. The summed E-state index contributed by atoms with van der Waals surface area (Å²) in [7, 11) is -0.527. The van der Waals surface area contributed by atoms with E-state index in [-0.39, 0.29) is 22.1 Å². The Morgan fingerprint density at radius 2 is 1.27 bits per heavy atom. The van der Waals surface area contributed by atoms with E-state index in [1.165, 1.54) is 56.4 Å². The Labute approximate surface area is 178 Å². The summed E-state index contributed by atoms with van der Waals surface area (Å²) in [5.74, 6) is 0. The number of hydrogen-bond acceptors (Lipinski definition) is 2. The highest BCUT2D eigenvalue weighted by atomic mass is 79.9. The number of hydrogen-bond donors (Lipinski definition) is 0. The van der Waals surface area contributed by atoms with Gasteiger partial charge in [-0.25, -0.2) is 0 Å². The van der Waals surface area contributed by atoms with Gasteiger partial charge in [0.25, 0.3) is 0 Å². The van der Waals surface area contributed by atoms with Gasteiger partial charge in [-0.05, 0) is 38.3 Å². The fourth-order valence-corrected chi connectivity index (χ4v) is 8.15. The van der Waals surface area contributed by atoms with Gasteiger partial charge in [-0.2, -0.15) is 0 Å². The quantitative estimate of drug-likeness (QED) is 0.348. The zero-order valence-corrected chi connectivity index (χ0v) is 20.9. The fraction of sp³-hybridized carbons (Fsp3) is 0.682. The Morgan fingerprint density at radius 1 is 0.846 bits per heavy atom. The van der Waals surface area contributed by atoms with Crippen LogP contribution in [0.1, 0.15) is 73.1 Å². The molecule has 152 valence electrons. The highest BCUT2D eigenvalue weighted by Crippen LogP contribution is 2.60. The number of unbranched alkanes of at least 4 members (excludes halogenated alkanes) is 3. The van der Waals surface area contributed by atoms with Crippen LogP contribution in [0.5, 0.6) is 0 Å². The third-order valence-corrected chi connectivity index (χ3v) is 10.6. The lowest BCUT2D eigenvalue weighted by Crippen LogP contribution is -3.00. The van der Waals surface area contributed by atoms with Crippen LogP contribution in [0.3, 0.4) is 0 Å². The molecule has 0 saturated heterocycles. The first kappa shape index (κ1) is 28.4. The van der Waals surface area contributed by atoms with Gasteiger partial charge in [0, 0.05) is 19.1 Å². The zero-order valence-electron chi connectivity index (χ0n) is 17.6. The van der Waals surface area contributed by atoms with Crippen molar-refractivity contribution in [1.29, 1.82) is 0 Å². The minimum absolute atomic E-state index is 0. The first-order valence-corrected chi connectivity index (χ1v) is 13.5. The Bertz CT molecular complexity index is 417. The predicted molar refractivity (Wildman–Crippen MR) is 120 cm³/mol. The van der Waals surface area contributed by atoms with E-state index in [9.17, 15) is 4.79 Å². The number of benzene rings is 1. The van der Waals surface area contributed by atoms with Crippen molar-refractivity contribution in [3.63, 3.8) is 0 Å². The topological polar surface area (TPSA) is 17.1 Å². The standard InChI is InChI=1S/C14H32P.C8H8OS.BrH/c1-5-9-12-15(8-4,13-10-6-2)14-11-7-3;1-7(9)10-8-5-3-2-4-6-8;/h5-14H2,1-4H3;2-6H,1H3;1H/q+1;;/p-1. The van der Waals surface area contributed by atoms with Gasteiger partial charge in [-0.15, -0.1) is 0 Å². The molecule has 0 aliphatic carbocycles. The number of rotatable bonds is 11. The van der Waals surface area contributed by atoms with E-state index in [0.29, 0.717) is 0 Å². The van der Waals surface area contributed by atoms with Crippen molar-refractivity contribution >= 4 is 24.1 Å². The minimum atomic E-state index is -0.527. The van der Waals surface area contributed by atoms with Crippen molar-refractivity contribution in [3.05, 3.63) is 30.3 Å². The average molecular weight is 464 g/mol. The van der Waals surface area contributed by atoms with Crippen LogP contribution in [-0.2, 0) is 4.79 Å². The van der Waals surface area contributed by atoms with Crippen molar-refractivity contribution in [1.82, 2.24) is 0 Å². The van der Waals surface area contributed by atoms with Gasteiger partial charge in [-0.1, -0.05) is 70.0 Å². The molecule has 1 aromatic rings. The predicted octanol–water partition coefficient (Wildman–Crippen LogP) is 4.75. The maximum atomic E-state index is 10.6. The maximum Gasteiger partial charge on any atom is 0.190 e. The first-order chi connectivity index (χ1) is 12.0. The summed E-state index contributed by atoms with van der Waals surface area (Å²) < 4.78 is 0. The summed E-state index contributed by atoms with van der Waals surface area (Å²) in [5.41, 5.74) is 0. The van der Waals surface area contributed by atoms with Gasteiger partial charge in [-0.3, -0.25) is 4.79 Å². The van der Waals surface area contributed by atoms with Crippen molar-refractivity contribution in [3.8, 4) is 0 Å². The molecule has 0 heterocycles. The Balaban J connectivity index is 0. The summed E-state index contributed by atoms with van der Waals surface area (Å²) in [6, 6.07) is 9.62. The monoisotopic (exact) mass is 462 g/mol. The van der Waals surface area contributed by atoms with Crippen molar-refractivity contribution < 1.29 is 21.8 Å². The molecule has 1 nitrogen and oxygen atoms in total. The first-order valence-electron chi connectivity index (χ1n) is 10.1. The molecule has 0 unspecified atom stereocenters. The summed E-state index contributed by atoms with van der Waals surface area (Å²) in [4.78, 5) is 11.6. The minimum Gasteiger partial charge on any atom is -1.00 e. The number of carbonyl (C=O) groups excluding carboxylic acids is 1. The summed E-state index contributed by atoms with van der Waals surface area (Å²) in [6.07, 6.45) is 14.9. The summed E-state index contributed by atoms with van der Waals surface area (Å²) in [6.45, 7) is 11.0. The molecule has 0 spiro atoms. The van der Waals surface area contributed by atoms with E-state index < -0.39 is 7.26 Å². The van der Waals surface area contributed by atoms with E-state index in [1.54, 1.807) is 25.4 Å². The van der Waals surface area contributed by atoms with Crippen LogP contribution < -0.4 is 17.0 Å². The largest absolute Gasteiger partial charge is 1.00 e. The maximum absolute atomic E-state index is 10.6. The second-order valence-corrected chi connectivity index (χ2v) is 12.7. The van der Waals surface area contributed by atoms with E-state index in [1.807, 2.05) is 30.3 Å². The van der Waals surface area contributed by atoms with Crippen molar-refractivity contribution in [2.75, 3.05) is 24.6 Å². The molecule has 0 amide bonds. The van der Waals surface area contributed by atoms with Gasteiger partial charge in [0.15, 0.2) is 5.12 Å². The highest BCUT2D eigenvalue weighted by molar-refractivity contribution is 8.13. The SMILES string of the molecule is CC(=O)Sc1ccccc1.CCCC[P+](CC)(CCCC)CCCC.[Br-]. The molecule has 1 rings (SSSR count). The molecule has 0 bridgehead atoms. The van der Waals surface area contributed by atoms with E-state index in [2.05, 4.69) is 27.7 Å². The van der Waals surface area contributed by atoms with Crippen LogP contribution in [0.15, 0.2) is 35.2 Å². The second-order valence-electron chi connectivity index (χ2n) is 6.80. The smallest absolute Gasteiger partial charge is 0.190 e. The Morgan fingerprint density at radius 3 is 1.58 bits per heavy atom. The molecule has 0 aliphatic rings. The third kappa shape index (κ3) is 14.2.